The lowest BCUT2D eigenvalue weighted by molar-refractivity contribution is 0.416. The average molecular weight is 265 g/mol. The van der Waals surface area contributed by atoms with E-state index in [9.17, 15) is 0 Å². The fraction of sp³-hybridized carbons (Fsp3) is 0.368. The first-order valence-electron chi connectivity index (χ1n) is 7.52. The molecule has 2 atom stereocenters. The second kappa shape index (κ2) is 5.41. The van der Waals surface area contributed by atoms with E-state index in [-0.39, 0.29) is 0 Å². The van der Waals surface area contributed by atoms with Gasteiger partial charge in [0.1, 0.15) is 0 Å². The van der Waals surface area contributed by atoms with E-state index in [4.69, 9.17) is 0 Å². The van der Waals surface area contributed by atoms with Crippen LogP contribution >= 0.6 is 0 Å². The molecule has 3 rings (SSSR count). The Morgan fingerprint density at radius 3 is 2.60 bits per heavy atom. The summed E-state index contributed by atoms with van der Waals surface area (Å²) in [6.07, 6.45) is 1.11. The number of aryl methyl sites for hydroxylation is 2. The van der Waals surface area contributed by atoms with Gasteiger partial charge in [0.05, 0.1) is 0 Å². The highest BCUT2D eigenvalue weighted by Crippen LogP contribution is 2.32. The smallest absolute Gasteiger partial charge is 0.0213 e. The Labute approximate surface area is 122 Å². The van der Waals surface area contributed by atoms with Gasteiger partial charge in [-0.05, 0) is 48.4 Å². The maximum absolute atomic E-state index is 3.73. The first kappa shape index (κ1) is 13.4. The molecule has 1 heteroatoms. The maximum Gasteiger partial charge on any atom is 0.0213 e. The molecule has 1 heterocycles. The molecule has 1 aliphatic rings. The van der Waals surface area contributed by atoms with Gasteiger partial charge in [-0.15, -0.1) is 0 Å². The Morgan fingerprint density at radius 2 is 1.85 bits per heavy atom. The molecule has 0 fully saturated rings. The van der Waals surface area contributed by atoms with Crippen LogP contribution in [0, 0.1) is 13.8 Å². The predicted octanol–water partition coefficient (Wildman–Crippen LogP) is 4.12. The van der Waals surface area contributed by atoms with E-state index in [1.807, 2.05) is 0 Å². The van der Waals surface area contributed by atoms with Gasteiger partial charge in [0.15, 0.2) is 0 Å². The van der Waals surface area contributed by atoms with Gasteiger partial charge >= 0.3 is 0 Å². The van der Waals surface area contributed by atoms with Crippen molar-refractivity contribution < 1.29 is 0 Å². The molecule has 0 saturated carbocycles. The molecule has 0 amide bonds. The SMILES string of the molecule is Cc1cc(C)c2c(c1)C(C)C(Cc1ccccc1)NC2. The molecule has 104 valence electrons. The number of rotatable bonds is 2. The van der Waals surface area contributed by atoms with Crippen LogP contribution in [0.25, 0.3) is 0 Å². The molecular weight excluding hydrogens is 242 g/mol. The lowest BCUT2D eigenvalue weighted by Crippen LogP contribution is -2.40. The maximum atomic E-state index is 3.73. The molecule has 1 N–H and O–H groups in total. The first-order chi connectivity index (χ1) is 9.65. The van der Waals surface area contributed by atoms with Gasteiger partial charge in [-0.25, -0.2) is 0 Å². The summed E-state index contributed by atoms with van der Waals surface area (Å²) < 4.78 is 0. The highest BCUT2D eigenvalue weighted by molar-refractivity contribution is 5.42. The Morgan fingerprint density at radius 1 is 1.10 bits per heavy atom. The highest BCUT2D eigenvalue weighted by atomic mass is 14.9. The zero-order valence-electron chi connectivity index (χ0n) is 12.6. The second-order valence-electron chi connectivity index (χ2n) is 6.12. The molecular formula is C19H23N. The molecule has 0 bridgehead atoms. The Kier molecular flexibility index (Phi) is 3.62. The molecule has 1 aliphatic heterocycles. The number of hydrogen-bond acceptors (Lipinski definition) is 1. The van der Waals surface area contributed by atoms with Crippen LogP contribution in [0.1, 0.15) is 40.7 Å². The molecule has 0 radical (unpaired) electrons. The Bertz CT molecular complexity index is 601. The minimum Gasteiger partial charge on any atom is -0.309 e. The van der Waals surface area contributed by atoms with Crippen molar-refractivity contribution in [3.05, 3.63) is 70.3 Å². The highest BCUT2D eigenvalue weighted by Gasteiger charge is 2.26. The van der Waals surface area contributed by atoms with Gasteiger partial charge in [-0.1, -0.05) is 55.0 Å². The third kappa shape index (κ3) is 2.51. The van der Waals surface area contributed by atoms with Crippen LogP contribution in [-0.2, 0) is 13.0 Å². The third-order valence-electron chi connectivity index (χ3n) is 4.59. The fourth-order valence-electron chi connectivity index (χ4n) is 3.42. The van der Waals surface area contributed by atoms with Crippen LogP contribution in [0.5, 0.6) is 0 Å². The van der Waals surface area contributed by atoms with Crippen molar-refractivity contribution in [3.8, 4) is 0 Å². The van der Waals surface area contributed by atoms with Crippen molar-refractivity contribution in [2.24, 2.45) is 0 Å². The first-order valence-corrected chi connectivity index (χ1v) is 7.52. The van der Waals surface area contributed by atoms with Crippen LogP contribution in [0.3, 0.4) is 0 Å². The molecule has 0 aliphatic carbocycles. The quantitative estimate of drug-likeness (QED) is 0.861. The summed E-state index contributed by atoms with van der Waals surface area (Å²) in [5.74, 6) is 0.567. The van der Waals surface area contributed by atoms with E-state index < -0.39 is 0 Å². The minimum atomic E-state index is 0.533. The molecule has 2 aromatic rings. The summed E-state index contributed by atoms with van der Waals surface area (Å²) in [7, 11) is 0. The lowest BCUT2D eigenvalue weighted by Gasteiger charge is -2.34. The lowest BCUT2D eigenvalue weighted by atomic mass is 9.81. The average Bonchev–Trinajstić information content (AvgIpc) is 2.43. The van der Waals surface area contributed by atoms with Crippen LogP contribution in [0.15, 0.2) is 42.5 Å². The summed E-state index contributed by atoms with van der Waals surface area (Å²) >= 11 is 0. The van der Waals surface area contributed by atoms with Crippen molar-refractivity contribution in [1.82, 2.24) is 5.32 Å². The topological polar surface area (TPSA) is 12.0 Å². The molecule has 0 aromatic heterocycles. The number of nitrogens with one attached hydrogen (secondary N) is 1. The summed E-state index contributed by atoms with van der Waals surface area (Å²) in [5.41, 5.74) is 7.28. The summed E-state index contributed by atoms with van der Waals surface area (Å²) in [4.78, 5) is 0. The van der Waals surface area contributed by atoms with E-state index >= 15 is 0 Å². The molecule has 1 nitrogen and oxygen atoms in total. The van der Waals surface area contributed by atoms with E-state index in [0.29, 0.717) is 12.0 Å². The van der Waals surface area contributed by atoms with Crippen molar-refractivity contribution in [3.63, 3.8) is 0 Å². The Hall–Kier alpha value is -1.60. The normalized spacial score (nSPS) is 21.6. The van der Waals surface area contributed by atoms with Crippen LogP contribution in [0.2, 0.25) is 0 Å². The van der Waals surface area contributed by atoms with Crippen LogP contribution in [-0.4, -0.2) is 6.04 Å². The van der Waals surface area contributed by atoms with Gasteiger partial charge in [0.25, 0.3) is 0 Å². The summed E-state index contributed by atoms with van der Waals surface area (Å²) in [6.45, 7) is 7.80. The molecule has 0 spiro atoms. The monoisotopic (exact) mass is 265 g/mol. The fourth-order valence-corrected chi connectivity index (χ4v) is 3.42. The predicted molar refractivity (Wildman–Crippen MR) is 85.1 cm³/mol. The second-order valence-corrected chi connectivity index (χ2v) is 6.12. The number of benzene rings is 2. The van der Waals surface area contributed by atoms with Gasteiger partial charge in [0.2, 0.25) is 0 Å². The number of hydrogen-bond donors (Lipinski definition) is 1. The Balaban J connectivity index is 1.87. The van der Waals surface area contributed by atoms with Crippen LogP contribution in [0.4, 0.5) is 0 Å². The zero-order chi connectivity index (χ0) is 14.1. The zero-order valence-corrected chi connectivity index (χ0v) is 12.6. The van der Waals surface area contributed by atoms with Gasteiger partial charge in [-0.2, -0.15) is 0 Å². The standard InChI is InChI=1S/C19H23N/c1-13-9-14(2)18-12-20-19(15(3)17(18)10-13)11-16-7-5-4-6-8-16/h4-10,15,19-20H,11-12H2,1-3H3. The molecule has 20 heavy (non-hydrogen) atoms. The van der Waals surface area contributed by atoms with Crippen LogP contribution < -0.4 is 5.32 Å². The third-order valence-corrected chi connectivity index (χ3v) is 4.59. The molecule has 2 unspecified atom stereocenters. The van der Waals surface area contributed by atoms with E-state index in [1.165, 1.54) is 22.3 Å². The van der Waals surface area contributed by atoms with E-state index in [2.05, 4.69) is 68.6 Å². The van der Waals surface area contributed by atoms with Crippen molar-refractivity contribution in [1.29, 1.82) is 0 Å². The van der Waals surface area contributed by atoms with Gasteiger partial charge in [-0.3, -0.25) is 0 Å². The number of fused-ring (bicyclic) bond motifs is 1. The molecule has 2 aromatic carbocycles. The van der Waals surface area contributed by atoms with Crippen molar-refractivity contribution in [2.45, 2.75) is 45.7 Å². The molecule has 0 saturated heterocycles. The summed E-state index contributed by atoms with van der Waals surface area (Å²) in [6, 6.07) is 16.0. The largest absolute Gasteiger partial charge is 0.309 e. The van der Waals surface area contributed by atoms with Crippen molar-refractivity contribution in [2.75, 3.05) is 0 Å². The van der Waals surface area contributed by atoms with E-state index in [1.54, 1.807) is 5.56 Å². The van der Waals surface area contributed by atoms with Crippen molar-refractivity contribution >= 4 is 0 Å². The minimum absolute atomic E-state index is 0.533. The van der Waals surface area contributed by atoms with Gasteiger partial charge in [0, 0.05) is 12.6 Å². The van der Waals surface area contributed by atoms with E-state index in [0.717, 1.165) is 13.0 Å². The van der Waals surface area contributed by atoms with Gasteiger partial charge < -0.3 is 5.32 Å². The summed E-state index contributed by atoms with van der Waals surface area (Å²) in [5, 5.41) is 3.73.